The number of benzene rings is 1. The molecule has 3 heterocycles. The van der Waals surface area contributed by atoms with Crippen LogP contribution >= 0.6 is 0 Å². The Morgan fingerprint density at radius 2 is 1.80 bits per heavy atom. The lowest BCUT2D eigenvalue weighted by molar-refractivity contribution is -0.126. The molecule has 2 saturated heterocycles. The summed E-state index contributed by atoms with van der Waals surface area (Å²) in [6.07, 6.45) is 18.7. The first-order valence-corrected chi connectivity index (χ1v) is 15.2. The van der Waals surface area contributed by atoms with Gasteiger partial charge in [-0.05, 0) is 93.1 Å². The molecule has 0 bridgehead atoms. The molecule has 3 aliphatic rings. The number of piperidine rings is 1. The van der Waals surface area contributed by atoms with Crippen LogP contribution in [0.15, 0.2) is 83.1 Å². The van der Waals surface area contributed by atoms with Crippen LogP contribution in [0.2, 0.25) is 0 Å². The Balaban J connectivity index is 0.00000152. The van der Waals surface area contributed by atoms with E-state index in [0.717, 1.165) is 69.4 Å². The Morgan fingerprint density at radius 1 is 1.11 bits per heavy atom. The first-order chi connectivity index (χ1) is 21.5. The summed E-state index contributed by atoms with van der Waals surface area (Å²) in [5, 5.41) is 7.00. The normalized spacial score (nSPS) is 17.9. The maximum atomic E-state index is 13.4. The summed E-state index contributed by atoms with van der Waals surface area (Å²) in [5.74, 6) is 0.654. The van der Waals surface area contributed by atoms with Gasteiger partial charge in [-0.3, -0.25) is 14.7 Å². The number of carbonyl (C=O) groups is 2. The first-order valence-electron chi connectivity index (χ1n) is 15.2. The Kier molecular flexibility index (Phi) is 18.9. The van der Waals surface area contributed by atoms with Crippen molar-refractivity contribution in [2.75, 3.05) is 46.5 Å². The van der Waals surface area contributed by atoms with Crippen molar-refractivity contribution < 1.29 is 28.6 Å². The van der Waals surface area contributed by atoms with Crippen molar-refractivity contribution in [1.29, 1.82) is 0 Å². The minimum Gasteiger partial charge on any atom is -0.501 e. The van der Waals surface area contributed by atoms with Crippen molar-refractivity contribution in [1.82, 2.24) is 9.80 Å². The number of hydrogen-bond donors (Lipinski definition) is 1. The molecule has 3 aliphatic heterocycles. The van der Waals surface area contributed by atoms with Crippen LogP contribution in [0.1, 0.15) is 58.9 Å². The number of hydrogen-bond acceptors (Lipinski definition) is 7. The van der Waals surface area contributed by atoms with Gasteiger partial charge in [0.05, 0.1) is 31.4 Å². The van der Waals surface area contributed by atoms with Crippen molar-refractivity contribution >= 4 is 25.0 Å². The van der Waals surface area contributed by atoms with Gasteiger partial charge in [-0.1, -0.05) is 38.1 Å². The molecular formula is C35H50FN3O5. The highest BCUT2D eigenvalue weighted by atomic mass is 19.1. The van der Waals surface area contributed by atoms with Crippen molar-refractivity contribution in [3.63, 3.8) is 0 Å². The van der Waals surface area contributed by atoms with Gasteiger partial charge in [0.25, 0.3) is 0 Å². The quantitative estimate of drug-likeness (QED) is 0.246. The lowest BCUT2D eigenvalue weighted by atomic mass is 9.77. The Bertz CT molecular complexity index is 1160. The van der Waals surface area contributed by atoms with Gasteiger partial charge in [-0.25, -0.2) is 4.39 Å². The van der Waals surface area contributed by atoms with Gasteiger partial charge in [0.1, 0.15) is 18.4 Å². The monoisotopic (exact) mass is 611 g/mol. The number of rotatable bonds is 10. The van der Waals surface area contributed by atoms with Crippen LogP contribution in [-0.2, 0) is 19.1 Å². The van der Waals surface area contributed by atoms with Gasteiger partial charge in [0.15, 0.2) is 0 Å². The lowest BCUT2D eigenvalue weighted by Gasteiger charge is -2.39. The van der Waals surface area contributed by atoms with Crippen LogP contribution in [0.3, 0.4) is 0 Å². The van der Waals surface area contributed by atoms with Crippen molar-refractivity contribution in [2.45, 2.75) is 53.4 Å². The zero-order valence-corrected chi connectivity index (χ0v) is 27.0. The number of nitrogens with zero attached hydrogens (tertiary/aromatic N) is 3. The number of allylic oxidation sites excluding steroid dienone is 4. The highest BCUT2D eigenvalue weighted by Crippen LogP contribution is 2.42. The fourth-order valence-electron chi connectivity index (χ4n) is 5.15. The number of likely N-dealkylation sites (tertiary alicyclic amines) is 2. The molecule has 44 heavy (non-hydrogen) atoms. The summed E-state index contributed by atoms with van der Waals surface area (Å²) in [6.45, 7) is 14.4. The molecule has 1 amide bonds. The third-order valence-electron chi connectivity index (χ3n) is 7.18. The average molecular weight is 612 g/mol. The maximum absolute atomic E-state index is 13.4. The van der Waals surface area contributed by atoms with Gasteiger partial charge in [-0.2, -0.15) is 0 Å². The van der Waals surface area contributed by atoms with Crippen molar-refractivity contribution in [3.05, 3.63) is 89.4 Å². The van der Waals surface area contributed by atoms with E-state index >= 15 is 0 Å². The van der Waals surface area contributed by atoms with E-state index in [9.17, 15) is 9.18 Å². The predicted octanol–water partition coefficient (Wildman–Crippen LogP) is 6.32. The minimum absolute atomic E-state index is 0.0198. The van der Waals surface area contributed by atoms with E-state index < -0.39 is 0 Å². The van der Waals surface area contributed by atoms with E-state index in [2.05, 4.69) is 16.0 Å². The second kappa shape index (κ2) is 21.8. The molecule has 0 aliphatic carbocycles. The Labute approximate surface area is 262 Å². The fourth-order valence-corrected chi connectivity index (χ4v) is 5.15. The van der Waals surface area contributed by atoms with E-state index in [1.807, 2.05) is 63.7 Å². The molecule has 1 spiro atoms. The van der Waals surface area contributed by atoms with Crippen LogP contribution in [0, 0.1) is 11.2 Å². The van der Waals surface area contributed by atoms with Crippen molar-refractivity contribution in [2.24, 2.45) is 10.4 Å². The van der Waals surface area contributed by atoms with Crippen LogP contribution in [0.5, 0.6) is 0 Å². The third-order valence-corrected chi connectivity index (χ3v) is 7.18. The molecule has 1 aromatic rings. The number of ether oxygens (including phenoxy) is 2. The van der Waals surface area contributed by atoms with Crippen LogP contribution in [-0.4, -0.2) is 80.3 Å². The standard InChI is InChI=1S/C31H38FN3O3.C2H6.CH4O.CH2O/c1-3-37-18-12-26(20-29(38-4-2)19-25-8-10-27(32)11-9-25)23-34-16-13-31(14-17-34)21-30(36)35(24-31)28-7-5-6-15-33-22-28;3*1-2/h6-12,15,18-20,22H,3-5,13-14,16-17,21,23-24H2,1-2H3;1-2H3;2H,1H3;1H2/b18-12-,26-20+,29-19-;;;. The molecule has 0 radical (unpaired) electrons. The largest absolute Gasteiger partial charge is 0.501 e. The molecule has 0 atom stereocenters. The molecule has 0 saturated carbocycles. The summed E-state index contributed by atoms with van der Waals surface area (Å²) in [6, 6.07) is 6.37. The molecule has 0 unspecified atom stereocenters. The summed E-state index contributed by atoms with van der Waals surface area (Å²) in [4.78, 5) is 29.6. The van der Waals surface area contributed by atoms with E-state index in [1.54, 1.807) is 30.8 Å². The molecule has 0 aromatic heterocycles. The van der Waals surface area contributed by atoms with Gasteiger partial charge >= 0.3 is 0 Å². The number of aliphatic hydroxyl groups excluding tert-OH is 1. The van der Waals surface area contributed by atoms with E-state index in [0.29, 0.717) is 25.4 Å². The van der Waals surface area contributed by atoms with Gasteiger partial charge < -0.3 is 24.3 Å². The molecule has 1 N–H and O–H groups in total. The van der Waals surface area contributed by atoms with Crippen LogP contribution < -0.4 is 0 Å². The molecule has 9 heteroatoms. The van der Waals surface area contributed by atoms with Crippen LogP contribution in [0.4, 0.5) is 4.39 Å². The maximum Gasteiger partial charge on any atom is 0.227 e. The summed E-state index contributed by atoms with van der Waals surface area (Å²) >= 11 is 0. The number of aliphatic hydroxyl groups is 1. The van der Waals surface area contributed by atoms with Gasteiger partial charge in [0, 0.05) is 32.8 Å². The highest BCUT2D eigenvalue weighted by molar-refractivity contribution is 5.90. The summed E-state index contributed by atoms with van der Waals surface area (Å²) in [7, 11) is 1.00. The van der Waals surface area contributed by atoms with E-state index in [-0.39, 0.29) is 17.1 Å². The predicted molar refractivity (Wildman–Crippen MR) is 176 cm³/mol. The zero-order chi connectivity index (χ0) is 32.8. The topological polar surface area (TPSA) is 91.7 Å². The summed E-state index contributed by atoms with van der Waals surface area (Å²) < 4.78 is 24.7. The molecule has 2 fully saturated rings. The second-order valence-corrected chi connectivity index (χ2v) is 9.97. The first kappa shape index (κ1) is 38.2. The number of amides is 1. The number of aliphatic imine (C=N–C) groups is 1. The molecule has 8 nitrogen and oxygen atoms in total. The third kappa shape index (κ3) is 12.4. The highest BCUT2D eigenvalue weighted by Gasteiger charge is 2.45. The van der Waals surface area contributed by atoms with Crippen LogP contribution in [0.25, 0.3) is 6.08 Å². The summed E-state index contributed by atoms with van der Waals surface area (Å²) in [5.41, 5.74) is 2.88. The lowest BCUT2D eigenvalue weighted by Crippen LogP contribution is -2.42. The van der Waals surface area contributed by atoms with Gasteiger partial charge in [0.2, 0.25) is 5.91 Å². The number of halogens is 1. The molecule has 1 aromatic carbocycles. The molecule has 4 rings (SSSR count). The second-order valence-electron chi connectivity index (χ2n) is 9.97. The SMILES string of the molecule is C=O.CC.CCO\C=C/C(=C\C(=C\c1ccc(F)cc1)OCC)CN1CCC2(CC1)CC(=O)N(C1=CCC=CN=C1)C2.CO. The molecule has 242 valence electrons. The average Bonchev–Trinajstić information content (AvgIpc) is 3.19. The Hall–Kier alpha value is -3.82. The van der Waals surface area contributed by atoms with E-state index in [1.165, 1.54) is 12.1 Å². The minimum atomic E-state index is -0.262. The van der Waals surface area contributed by atoms with Gasteiger partial charge in [-0.15, -0.1) is 0 Å². The zero-order valence-electron chi connectivity index (χ0n) is 27.0. The fraction of sp³-hybridized carbons (Fsp3) is 0.457. The number of carbonyl (C=O) groups excluding carboxylic acids is 2. The molecular weight excluding hydrogens is 561 g/mol. The Morgan fingerprint density at radius 3 is 2.43 bits per heavy atom. The van der Waals surface area contributed by atoms with Crippen molar-refractivity contribution in [3.8, 4) is 0 Å². The van der Waals surface area contributed by atoms with E-state index in [4.69, 9.17) is 19.4 Å². The smallest absolute Gasteiger partial charge is 0.227 e.